The first kappa shape index (κ1) is 18.1. The Morgan fingerprint density at radius 1 is 1.30 bits per heavy atom. The zero-order chi connectivity index (χ0) is 16.7. The van der Waals surface area contributed by atoms with Gasteiger partial charge in [-0.05, 0) is 62.2 Å². The van der Waals surface area contributed by atoms with E-state index in [1.54, 1.807) is 0 Å². The molecule has 0 radical (unpaired) electrons. The Kier molecular flexibility index (Phi) is 6.71. The molecule has 0 saturated heterocycles. The molecule has 1 atom stereocenters. The molecule has 1 unspecified atom stereocenters. The standard InChI is InChI=1S/C18H31N3O2/c1-14(7-10-22)18(8-2-9-18)13-21-17(23)20-12-16-5-3-15(11-19)4-6-16/h14-16,22H,2-10,12-13H2,1H3,(H2,20,21,23). The van der Waals surface area contributed by atoms with Crippen molar-refractivity contribution in [1.82, 2.24) is 10.6 Å². The molecule has 130 valence electrons. The van der Waals surface area contributed by atoms with E-state index < -0.39 is 0 Å². The van der Waals surface area contributed by atoms with Crippen LogP contribution in [-0.2, 0) is 0 Å². The highest BCUT2D eigenvalue weighted by molar-refractivity contribution is 5.73. The summed E-state index contributed by atoms with van der Waals surface area (Å²) in [6.45, 7) is 3.83. The van der Waals surface area contributed by atoms with Gasteiger partial charge in [0, 0.05) is 25.6 Å². The number of aliphatic hydroxyl groups excluding tert-OH is 1. The van der Waals surface area contributed by atoms with Gasteiger partial charge in [-0.25, -0.2) is 4.79 Å². The minimum Gasteiger partial charge on any atom is -0.396 e. The summed E-state index contributed by atoms with van der Waals surface area (Å²) >= 11 is 0. The van der Waals surface area contributed by atoms with Crippen molar-refractivity contribution >= 4 is 6.03 Å². The number of hydrogen-bond acceptors (Lipinski definition) is 3. The second kappa shape index (κ2) is 8.54. The van der Waals surface area contributed by atoms with Crippen LogP contribution >= 0.6 is 0 Å². The van der Waals surface area contributed by atoms with Gasteiger partial charge in [0.1, 0.15) is 0 Å². The van der Waals surface area contributed by atoms with E-state index in [0.717, 1.165) is 44.9 Å². The molecule has 0 bridgehead atoms. The molecule has 23 heavy (non-hydrogen) atoms. The predicted octanol–water partition coefficient (Wildman–Crippen LogP) is 2.80. The average molecular weight is 321 g/mol. The highest BCUT2D eigenvalue weighted by Gasteiger charge is 2.41. The van der Waals surface area contributed by atoms with Crippen LogP contribution in [0.5, 0.6) is 0 Å². The Hall–Kier alpha value is -1.28. The normalized spacial score (nSPS) is 27.3. The van der Waals surface area contributed by atoms with Gasteiger partial charge in [-0.2, -0.15) is 5.26 Å². The van der Waals surface area contributed by atoms with Crippen LogP contribution in [0.2, 0.25) is 0 Å². The van der Waals surface area contributed by atoms with Crippen molar-refractivity contribution in [2.75, 3.05) is 19.7 Å². The van der Waals surface area contributed by atoms with Gasteiger partial charge in [-0.3, -0.25) is 0 Å². The summed E-state index contributed by atoms with van der Waals surface area (Å²) in [5, 5.41) is 24.1. The maximum absolute atomic E-state index is 12.0. The second-order valence-electron chi connectivity index (χ2n) is 7.54. The zero-order valence-electron chi connectivity index (χ0n) is 14.3. The molecule has 2 saturated carbocycles. The van der Waals surface area contributed by atoms with Crippen LogP contribution in [0.1, 0.15) is 58.3 Å². The third kappa shape index (κ3) is 4.84. The van der Waals surface area contributed by atoms with E-state index in [0.29, 0.717) is 24.9 Å². The molecule has 0 aromatic heterocycles. The van der Waals surface area contributed by atoms with Crippen molar-refractivity contribution in [2.24, 2.45) is 23.2 Å². The van der Waals surface area contributed by atoms with E-state index in [9.17, 15) is 4.79 Å². The maximum atomic E-state index is 12.0. The van der Waals surface area contributed by atoms with E-state index in [2.05, 4.69) is 23.6 Å². The lowest BCUT2D eigenvalue weighted by atomic mass is 9.60. The van der Waals surface area contributed by atoms with Gasteiger partial charge in [0.05, 0.1) is 6.07 Å². The van der Waals surface area contributed by atoms with Crippen LogP contribution in [-0.4, -0.2) is 30.8 Å². The predicted molar refractivity (Wildman–Crippen MR) is 89.6 cm³/mol. The fourth-order valence-corrected chi connectivity index (χ4v) is 4.03. The summed E-state index contributed by atoms with van der Waals surface area (Å²) in [4.78, 5) is 12.0. The van der Waals surface area contributed by atoms with Crippen LogP contribution in [0.3, 0.4) is 0 Å². The number of nitriles is 1. The second-order valence-corrected chi connectivity index (χ2v) is 7.54. The molecular formula is C18H31N3O2. The summed E-state index contributed by atoms with van der Waals surface area (Å²) in [5.41, 5.74) is 0.185. The smallest absolute Gasteiger partial charge is 0.314 e. The van der Waals surface area contributed by atoms with Gasteiger partial charge < -0.3 is 15.7 Å². The van der Waals surface area contributed by atoms with Crippen molar-refractivity contribution in [1.29, 1.82) is 5.26 Å². The Labute approximate surface area is 139 Å². The number of rotatable bonds is 7. The van der Waals surface area contributed by atoms with E-state index in [-0.39, 0.29) is 24.0 Å². The van der Waals surface area contributed by atoms with Crippen LogP contribution in [0.25, 0.3) is 0 Å². The molecule has 2 aliphatic carbocycles. The molecule has 3 N–H and O–H groups in total. The number of carbonyl (C=O) groups is 1. The minimum absolute atomic E-state index is 0.0742. The fourth-order valence-electron chi connectivity index (χ4n) is 4.03. The van der Waals surface area contributed by atoms with E-state index in [4.69, 9.17) is 10.4 Å². The van der Waals surface area contributed by atoms with Gasteiger partial charge >= 0.3 is 6.03 Å². The van der Waals surface area contributed by atoms with E-state index in [1.807, 2.05) is 0 Å². The summed E-state index contributed by atoms with van der Waals surface area (Å²) in [6, 6.07) is 2.27. The van der Waals surface area contributed by atoms with Crippen LogP contribution in [0.15, 0.2) is 0 Å². The quantitative estimate of drug-likeness (QED) is 0.674. The summed E-state index contributed by atoms with van der Waals surface area (Å²) in [6.07, 6.45) is 8.33. The molecule has 2 fully saturated rings. The fraction of sp³-hybridized carbons (Fsp3) is 0.889. The maximum Gasteiger partial charge on any atom is 0.314 e. The van der Waals surface area contributed by atoms with Crippen molar-refractivity contribution < 1.29 is 9.90 Å². The molecule has 5 heteroatoms. The van der Waals surface area contributed by atoms with Gasteiger partial charge in [0.25, 0.3) is 0 Å². The molecule has 0 aromatic rings. The summed E-state index contributed by atoms with van der Waals surface area (Å²) < 4.78 is 0. The molecule has 0 heterocycles. The Morgan fingerprint density at radius 2 is 2.00 bits per heavy atom. The van der Waals surface area contributed by atoms with Crippen molar-refractivity contribution in [3.63, 3.8) is 0 Å². The van der Waals surface area contributed by atoms with Crippen molar-refractivity contribution in [3.8, 4) is 6.07 Å². The number of urea groups is 1. The monoisotopic (exact) mass is 321 g/mol. The Morgan fingerprint density at radius 3 is 2.52 bits per heavy atom. The molecule has 0 spiro atoms. The Balaban J connectivity index is 1.66. The van der Waals surface area contributed by atoms with Gasteiger partial charge in [0.15, 0.2) is 0 Å². The van der Waals surface area contributed by atoms with Crippen LogP contribution in [0, 0.1) is 34.5 Å². The number of nitrogens with one attached hydrogen (secondary N) is 2. The number of nitrogens with zero attached hydrogens (tertiary/aromatic N) is 1. The number of carbonyl (C=O) groups excluding carboxylic acids is 1. The van der Waals surface area contributed by atoms with Gasteiger partial charge in [0.2, 0.25) is 0 Å². The molecular weight excluding hydrogens is 290 g/mol. The highest BCUT2D eigenvalue weighted by Crippen LogP contribution is 2.47. The minimum atomic E-state index is -0.0742. The number of amides is 2. The lowest BCUT2D eigenvalue weighted by molar-refractivity contribution is 0.0456. The van der Waals surface area contributed by atoms with E-state index in [1.165, 1.54) is 6.42 Å². The van der Waals surface area contributed by atoms with Crippen molar-refractivity contribution in [3.05, 3.63) is 0 Å². The highest BCUT2D eigenvalue weighted by atomic mass is 16.3. The van der Waals surface area contributed by atoms with Crippen molar-refractivity contribution in [2.45, 2.75) is 58.3 Å². The van der Waals surface area contributed by atoms with Gasteiger partial charge in [-0.1, -0.05) is 13.3 Å². The molecule has 5 nitrogen and oxygen atoms in total. The molecule has 0 aliphatic heterocycles. The first-order valence-corrected chi connectivity index (χ1v) is 9.12. The van der Waals surface area contributed by atoms with E-state index >= 15 is 0 Å². The number of aliphatic hydroxyl groups is 1. The average Bonchev–Trinajstić information content (AvgIpc) is 2.52. The topological polar surface area (TPSA) is 85.2 Å². The molecule has 2 aliphatic rings. The third-order valence-electron chi connectivity index (χ3n) is 6.14. The summed E-state index contributed by atoms with van der Waals surface area (Å²) in [5.74, 6) is 1.17. The summed E-state index contributed by atoms with van der Waals surface area (Å²) in [7, 11) is 0. The molecule has 2 rings (SSSR count). The largest absolute Gasteiger partial charge is 0.396 e. The van der Waals surface area contributed by atoms with Crippen LogP contribution < -0.4 is 10.6 Å². The zero-order valence-corrected chi connectivity index (χ0v) is 14.3. The lowest BCUT2D eigenvalue weighted by Gasteiger charge is -2.47. The van der Waals surface area contributed by atoms with Crippen LogP contribution in [0.4, 0.5) is 4.79 Å². The Bertz CT molecular complexity index is 420. The van der Waals surface area contributed by atoms with Gasteiger partial charge in [-0.15, -0.1) is 0 Å². The SMILES string of the molecule is CC(CCO)C1(CNC(=O)NCC2CCC(C#N)CC2)CCC1. The molecule has 0 aromatic carbocycles. The number of hydrogen-bond donors (Lipinski definition) is 3. The lowest BCUT2D eigenvalue weighted by Crippen LogP contribution is -2.49. The first-order valence-electron chi connectivity index (χ1n) is 9.12. The first-order chi connectivity index (χ1) is 11.1. The molecule has 2 amide bonds. The third-order valence-corrected chi connectivity index (χ3v) is 6.14.